The molecule has 1 aromatic carbocycles. The zero-order chi connectivity index (χ0) is 12.1. The molecule has 17 heavy (non-hydrogen) atoms. The fraction of sp³-hybridized carbons (Fsp3) is 0.600. The maximum Gasteiger partial charge on any atom is 0.0295 e. The first kappa shape index (κ1) is 12.6. The topological polar surface area (TPSA) is 38.0 Å². The van der Waals surface area contributed by atoms with Crippen LogP contribution in [-0.2, 0) is 0 Å². The molecule has 1 aromatic rings. The normalized spacial score (nSPS) is 19.6. The Morgan fingerprint density at radius 2 is 2.00 bits per heavy atom. The van der Waals surface area contributed by atoms with Crippen LogP contribution < -0.4 is 11.1 Å². The Balaban J connectivity index is 1.65. The van der Waals surface area contributed by atoms with Crippen LogP contribution in [0.4, 0.5) is 0 Å². The zero-order valence-electron chi connectivity index (χ0n) is 10.8. The van der Waals surface area contributed by atoms with Crippen LogP contribution in [0.1, 0.15) is 50.6 Å². The summed E-state index contributed by atoms with van der Waals surface area (Å²) < 4.78 is 0. The number of benzene rings is 1. The lowest BCUT2D eigenvalue weighted by atomic mass is 9.78. The zero-order valence-corrected chi connectivity index (χ0v) is 10.8. The molecule has 3 N–H and O–H groups in total. The monoisotopic (exact) mass is 232 g/mol. The van der Waals surface area contributed by atoms with Gasteiger partial charge in [-0.3, -0.25) is 0 Å². The quantitative estimate of drug-likeness (QED) is 0.740. The third-order valence-electron chi connectivity index (χ3n) is 3.93. The molecule has 0 heterocycles. The first-order valence-electron chi connectivity index (χ1n) is 6.75. The molecule has 2 heteroatoms. The van der Waals surface area contributed by atoms with Crippen molar-refractivity contribution in [1.82, 2.24) is 5.32 Å². The van der Waals surface area contributed by atoms with E-state index in [9.17, 15) is 0 Å². The fourth-order valence-corrected chi connectivity index (χ4v) is 2.46. The van der Waals surface area contributed by atoms with Crippen molar-refractivity contribution in [3.63, 3.8) is 0 Å². The Labute approximate surface area is 105 Å². The lowest BCUT2D eigenvalue weighted by Gasteiger charge is -2.39. The Kier molecular flexibility index (Phi) is 4.19. The molecule has 94 valence electrons. The van der Waals surface area contributed by atoms with Gasteiger partial charge in [-0.25, -0.2) is 0 Å². The molecule has 2 rings (SSSR count). The Morgan fingerprint density at radius 3 is 2.59 bits per heavy atom. The Morgan fingerprint density at radius 1 is 1.29 bits per heavy atom. The number of rotatable bonds is 6. The molecule has 0 aromatic heterocycles. The summed E-state index contributed by atoms with van der Waals surface area (Å²) in [6.45, 7) is 3.42. The smallest absolute Gasteiger partial charge is 0.0295 e. The molecule has 1 fully saturated rings. The minimum Gasteiger partial charge on any atom is -0.324 e. The SMILES string of the molecule is CC1(NCCCC(N)c2ccccc2)CCC1. The molecule has 1 aliphatic rings. The molecule has 1 saturated carbocycles. The van der Waals surface area contributed by atoms with Crippen LogP contribution in [0, 0.1) is 0 Å². The van der Waals surface area contributed by atoms with Crippen molar-refractivity contribution < 1.29 is 0 Å². The number of hydrogen-bond acceptors (Lipinski definition) is 2. The number of nitrogens with two attached hydrogens (primary N) is 1. The van der Waals surface area contributed by atoms with Gasteiger partial charge in [0.05, 0.1) is 0 Å². The van der Waals surface area contributed by atoms with Gasteiger partial charge in [0.1, 0.15) is 0 Å². The van der Waals surface area contributed by atoms with E-state index in [1.54, 1.807) is 0 Å². The van der Waals surface area contributed by atoms with Crippen LogP contribution in [0.2, 0.25) is 0 Å². The van der Waals surface area contributed by atoms with Crippen LogP contribution in [0.15, 0.2) is 30.3 Å². The summed E-state index contributed by atoms with van der Waals surface area (Å²) in [6, 6.07) is 10.6. The van der Waals surface area contributed by atoms with Crippen LogP contribution >= 0.6 is 0 Å². The molecule has 0 amide bonds. The minimum absolute atomic E-state index is 0.187. The molecule has 0 aliphatic heterocycles. The van der Waals surface area contributed by atoms with E-state index in [0.29, 0.717) is 5.54 Å². The van der Waals surface area contributed by atoms with Crippen molar-refractivity contribution >= 4 is 0 Å². The summed E-state index contributed by atoms with van der Waals surface area (Å²) in [7, 11) is 0. The highest BCUT2D eigenvalue weighted by Gasteiger charge is 2.30. The number of nitrogens with one attached hydrogen (secondary N) is 1. The standard InChI is InChI=1S/C15H24N2/c1-15(10-6-11-15)17-12-5-9-14(16)13-7-3-2-4-8-13/h2-4,7-8,14,17H,5-6,9-12,16H2,1H3. The van der Waals surface area contributed by atoms with Gasteiger partial charge in [-0.05, 0) is 51.1 Å². The molecule has 0 spiro atoms. The van der Waals surface area contributed by atoms with Crippen LogP contribution in [0.25, 0.3) is 0 Å². The maximum atomic E-state index is 6.16. The summed E-state index contributed by atoms with van der Waals surface area (Å²) >= 11 is 0. The van der Waals surface area contributed by atoms with Gasteiger partial charge in [0.2, 0.25) is 0 Å². The summed E-state index contributed by atoms with van der Waals surface area (Å²) in [5.74, 6) is 0. The van der Waals surface area contributed by atoms with Crippen molar-refractivity contribution in [1.29, 1.82) is 0 Å². The highest BCUT2D eigenvalue weighted by molar-refractivity contribution is 5.18. The average molecular weight is 232 g/mol. The van der Waals surface area contributed by atoms with Crippen molar-refractivity contribution in [2.75, 3.05) is 6.54 Å². The van der Waals surface area contributed by atoms with E-state index in [1.165, 1.54) is 24.8 Å². The summed E-state index contributed by atoms with van der Waals surface area (Å²) in [5, 5.41) is 3.65. The van der Waals surface area contributed by atoms with Crippen molar-refractivity contribution in [2.45, 2.75) is 50.6 Å². The molecule has 2 nitrogen and oxygen atoms in total. The first-order chi connectivity index (χ1) is 8.20. The van der Waals surface area contributed by atoms with E-state index in [-0.39, 0.29) is 6.04 Å². The maximum absolute atomic E-state index is 6.16. The molecule has 1 atom stereocenters. The molecule has 1 aliphatic carbocycles. The van der Waals surface area contributed by atoms with E-state index in [2.05, 4.69) is 36.5 Å². The molecular formula is C15H24N2. The molecule has 1 unspecified atom stereocenters. The predicted molar refractivity (Wildman–Crippen MR) is 72.9 cm³/mol. The Hall–Kier alpha value is -0.860. The summed E-state index contributed by atoms with van der Waals surface area (Å²) in [4.78, 5) is 0. The van der Waals surface area contributed by atoms with Crippen LogP contribution in [-0.4, -0.2) is 12.1 Å². The van der Waals surface area contributed by atoms with Gasteiger partial charge >= 0.3 is 0 Å². The third kappa shape index (κ3) is 3.55. The van der Waals surface area contributed by atoms with E-state index >= 15 is 0 Å². The van der Waals surface area contributed by atoms with E-state index in [4.69, 9.17) is 5.73 Å². The van der Waals surface area contributed by atoms with Crippen LogP contribution in [0.5, 0.6) is 0 Å². The first-order valence-corrected chi connectivity index (χ1v) is 6.75. The number of hydrogen-bond donors (Lipinski definition) is 2. The van der Waals surface area contributed by atoms with Gasteiger partial charge < -0.3 is 11.1 Å². The molecule has 0 saturated heterocycles. The molecule has 0 bridgehead atoms. The van der Waals surface area contributed by atoms with E-state index in [0.717, 1.165) is 19.4 Å². The highest BCUT2D eigenvalue weighted by atomic mass is 15.0. The van der Waals surface area contributed by atoms with Gasteiger partial charge in [-0.2, -0.15) is 0 Å². The molecule has 0 radical (unpaired) electrons. The summed E-state index contributed by atoms with van der Waals surface area (Å²) in [5.41, 5.74) is 7.84. The predicted octanol–water partition coefficient (Wildman–Crippen LogP) is 3.00. The molecular weight excluding hydrogens is 208 g/mol. The second-order valence-corrected chi connectivity index (χ2v) is 5.50. The van der Waals surface area contributed by atoms with Gasteiger partial charge in [0.15, 0.2) is 0 Å². The third-order valence-corrected chi connectivity index (χ3v) is 3.93. The minimum atomic E-state index is 0.187. The van der Waals surface area contributed by atoms with Crippen molar-refractivity contribution in [2.24, 2.45) is 5.73 Å². The van der Waals surface area contributed by atoms with Gasteiger partial charge in [0, 0.05) is 11.6 Å². The highest BCUT2D eigenvalue weighted by Crippen LogP contribution is 2.30. The Bertz CT molecular complexity index is 330. The van der Waals surface area contributed by atoms with E-state index in [1.807, 2.05) is 6.07 Å². The van der Waals surface area contributed by atoms with Crippen molar-refractivity contribution in [3.8, 4) is 0 Å². The van der Waals surface area contributed by atoms with Gasteiger partial charge in [-0.1, -0.05) is 30.3 Å². The largest absolute Gasteiger partial charge is 0.324 e. The van der Waals surface area contributed by atoms with Crippen LogP contribution in [0.3, 0.4) is 0 Å². The fourth-order valence-electron chi connectivity index (χ4n) is 2.46. The lowest BCUT2D eigenvalue weighted by Crippen LogP contribution is -2.48. The second kappa shape index (κ2) is 5.65. The summed E-state index contributed by atoms with van der Waals surface area (Å²) in [6.07, 6.45) is 6.27. The van der Waals surface area contributed by atoms with Crippen molar-refractivity contribution in [3.05, 3.63) is 35.9 Å². The van der Waals surface area contributed by atoms with E-state index < -0.39 is 0 Å². The average Bonchev–Trinajstić information content (AvgIpc) is 2.33. The second-order valence-electron chi connectivity index (χ2n) is 5.50. The van der Waals surface area contributed by atoms with Gasteiger partial charge in [0.25, 0.3) is 0 Å². The van der Waals surface area contributed by atoms with Gasteiger partial charge in [-0.15, -0.1) is 0 Å². The lowest BCUT2D eigenvalue weighted by molar-refractivity contribution is 0.208.